The van der Waals surface area contributed by atoms with E-state index in [9.17, 15) is 8.78 Å². The molecule has 0 spiro atoms. The maximum atomic E-state index is 13.2. The third-order valence-corrected chi connectivity index (χ3v) is 3.77. The minimum absolute atomic E-state index is 0.101. The molecule has 1 aromatic heterocycles. The van der Waals surface area contributed by atoms with Gasteiger partial charge in [0.1, 0.15) is 0 Å². The van der Waals surface area contributed by atoms with Gasteiger partial charge >= 0.3 is 0 Å². The zero-order chi connectivity index (χ0) is 17.1. The fourth-order valence-corrected chi connectivity index (χ4v) is 2.21. The summed E-state index contributed by atoms with van der Waals surface area (Å²) >= 11 is 12.0. The average Bonchev–Trinajstić information content (AvgIpc) is 2.56. The van der Waals surface area contributed by atoms with Crippen molar-refractivity contribution in [2.24, 2.45) is 0 Å². The van der Waals surface area contributed by atoms with Gasteiger partial charge in [0, 0.05) is 11.8 Å². The number of anilines is 4. The lowest BCUT2D eigenvalue weighted by Crippen LogP contribution is -2.03. The van der Waals surface area contributed by atoms with E-state index in [0.717, 1.165) is 12.1 Å². The first-order chi connectivity index (χ1) is 11.5. The van der Waals surface area contributed by atoms with Crippen LogP contribution in [0, 0.1) is 11.6 Å². The van der Waals surface area contributed by atoms with E-state index in [-0.39, 0.29) is 11.6 Å². The Morgan fingerprint density at radius 2 is 1.79 bits per heavy atom. The summed E-state index contributed by atoms with van der Waals surface area (Å²) in [5.74, 6) is -1.47. The molecule has 5 nitrogen and oxygen atoms in total. The van der Waals surface area contributed by atoms with Gasteiger partial charge < -0.3 is 10.6 Å². The summed E-state index contributed by atoms with van der Waals surface area (Å²) in [6.07, 6.45) is 1.38. The number of benzene rings is 2. The average molecular weight is 368 g/mol. The Balaban J connectivity index is 1.81. The molecule has 9 heteroatoms. The molecule has 0 saturated carbocycles. The van der Waals surface area contributed by atoms with E-state index in [4.69, 9.17) is 23.2 Å². The SMILES string of the molecule is Fc1ccc(Nc2nncc(Nc3cccc(Cl)c3Cl)n2)cc1F. The normalized spacial score (nSPS) is 10.5. The smallest absolute Gasteiger partial charge is 0.249 e. The Bertz CT molecular complexity index is 891. The van der Waals surface area contributed by atoms with Crippen molar-refractivity contribution < 1.29 is 8.78 Å². The first-order valence-corrected chi connectivity index (χ1v) is 7.41. The Labute approximate surface area is 145 Å². The van der Waals surface area contributed by atoms with Crippen molar-refractivity contribution in [1.82, 2.24) is 15.2 Å². The van der Waals surface area contributed by atoms with Crippen molar-refractivity contribution >= 4 is 46.3 Å². The van der Waals surface area contributed by atoms with Gasteiger partial charge in [0.2, 0.25) is 5.95 Å². The fourth-order valence-electron chi connectivity index (χ4n) is 1.86. The van der Waals surface area contributed by atoms with E-state index < -0.39 is 11.6 Å². The number of hydrogen-bond acceptors (Lipinski definition) is 5. The number of nitrogens with one attached hydrogen (secondary N) is 2. The first-order valence-electron chi connectivity index (χ1n) is 6.66. The summed E-state index contributed by atoms with van der Waals surface area (Å²) in [6, 6.07) is 8.45. The molecule has 1 heterocycles. The van der Waals surface area contributed by atoms with Crippen LogP contribution in [-0.4, -0.2) is 15.2 Å². The molecule has 0 amide bonds. The van der Waals surface area contributed by atoms with Gasteiger partial charge in [0.15, 0.2) is 17.5 Å². The van der Waals surface area contributed by atoms with Crippen LogP contribution in [0.2, 0.25) is 10.0 Å². The second kappa shape index (κ2) is 6.94. The van der Waals surface area contributed by atoms with Crippen LogP contribution in [0.4, 0.5) is 31.9 Å². The van der Waals surface area contributed by atoms with Crippen molar-refractivity contribution in [2.45, 2.75) is 0 Å². The quantitative estimate of drug-likeness (QED) is 0.683. The van der Waals surface area contributed by atoms with Gasteiger partial charge in [-0.2, -0.15) is 10.1 Å². The van der Waals surface area contributed by atoms with Gasteiger partial charge in [-0.25, -0.2) is 8.78 Å². The standard InChI is InChI=1S/C15H9Cl2F2N5/c16-9-2-1-3-12(14(9)17)22-13-7-20-24-15(23-13)21-8-4-5-10(18)11(19)6-8/h1-7H,(H2,21,22,23,24). The molecule has 3 rings (SSSR count). The number of nitrogens with zero attached hydrogens (tertiary/aromatic N) is 3. The number of hydrogen-bond donors (Lipinski definition) is 2. The highest BCUT2D eigenvalue weighted by atomic mass is 35.5. The summed E-state index contributed by atoms with van der Waals surface area (Å²) in [7, 11) is 0. The maximum absolute atomic E-state index is 13.2. The van der Waals surface area contributed by atoms with Crippen molar-refractivity contribution in [3.05, 3.63) is 64.3 Å². The minimum Gasteiger partial charge on any atom is -0.338 e. The molecule has 0 unspecified atom stereocenters. The lowest BCUT2D eigenvalue weighted by molar-refractivity contribution is 0.509. The second-order valence-electron chi connectivity index (χ2n) is 4.65. The number of rotatable bonds is 4. The van der Waals surface area contributed by atoms with Crippen molar-refractivity contribution in [3.63, 3.8) is 0 Å². The van der Waals surface area contributed by atoms with Gasteiger partial charge in [-0.1, -0.05) is 29.3 Å². The van der Waals surface area contributed by atoms with Gasteiger partial charge in [-0.05, 0) is 24.3 Å². The summed E-state index contributed by atoms with van der Waals surface area (Å²) in [5.41, 5.74) is 0.831. The lowest BCUT2D eigenvalue weighted by Gasteiger charge is -2.09. The fraction of sp³-hybridized carbons (Fsp3) is 0. The topological polar surface area (TPSA) is 62.7 Å². The van der Waals surface area contributed by atoms with Crippen LogP contribution < -0.4 is 10.6 Å². The minimum atomic E-state index is -0.979. The Morgan fingerprint density at radius 1 is 0.958 bits per heavy atom. The molecule has 0 aliphatic heterocycles. The molecule has 122 valence electrons. The van der Waals surface area contributed by atoms with Gasteiger partial charge in [0.25, 0.3) is 0 Å². The Kier molecular flexibility index (Phi) is 4.73. The van der Waals surface area contributed by atoms with E-state index >= 15 is 0 Å². The van der Waals surface area contributed by atoms with Crippen molar-refractivity contribution in [3.8, 4) is 0 Å². The molecule has 0 radical (unpaired) electrons. The van der Waals surface area contributed by atoms with E-state index in [0.29, 0.717) is 21.6 Å². The van der Waals surface area contributed by atoms with E-state index in [2.05, 4.69) is 25.8 Å². The monoisotopic (exact) mass is 367 g/mol. The highest BCUT2D eigenvalue weighted by molar-refractivity contribution is 6.43. The predicted octanol–water partition coefficient (Wildman–Crippen LogP) is 4.94. The summed E-state index contributed by atoms with van der Waals surface area (Å²) in [4.78, 5) is 4.17. The van der Waals surface area contributed by atoms with E-state index in [1.807, 2.05) is 0 Å². The van der Waals surface area contributed by atoms with Gasteiger partial charge in [-0.15, -0.1) is 5.10 Å². The van der Waals surface area contributed by atoms with Crippen LogP contribution in [0.25, 0.3) is 0 Å². The van der Waals surface area contributed by atoms with Crippen molar-refractivity contribution in [1.29, 1.82) is 0 Å². The molecule has 2 N–H and O–H groups in total. The molecule has 0 aliphatic carbocycles. The molecule has 0 saturated heterocycles. The molecule has 24 heavy (non-hydrogen) atoms. The predicted molar refractivity (Wildman–Crippen MR) is 89.2 cm³/mol. The zero-order valence-electron chi connectivity index (χ0n) is 11.9. The van der Waals surface area contributed by atoms with Gasteiger partial charge in [0.05, 0.1) is 21.9 Å². The number of halogens is 4. The highest BCUT2D eigenvalue weighted by Crippen LogP contribution is 2.31. The Morgan fingerprint density at radius 3 is 2.58 bits per heavy atom. The molecule has 0 aliphatic rings. The third kappa shape index (κ3) is 3.69. The van der Waals surface area contributed by atoms with Crippen LogP contribution >= 0.6 is 23.2 Å². The molecule has 0 bridgehead atoms. The maximum Gasteiger partial charge on any atom is 0.249 e. The molecular weight excluding hydrogens is 359 g/mol. The molecule has 0 atom stereocenters. The molecule has 2 aromatic carbocycles. The first kappa shape index (κ1) is 16.4. The van der Waals surface area contributed by atoms with E-state index in [1.54, 1.807) is 18.2 Å². The van der Waals surface area contributed by atoms with Gasteiger partial charge in [-0.3, -0.25) is 0 Å². The molecule has 3 aromatic rings. The highest BCUT2D eigenvalue weighted by Gasteiger charge is 2.08. The summed E-state index contributed by atoms with van der Waals surface area (Å²) in [6.45, 7) is 0. The van der Waals surface area contributed by atoms with Crippen LogP contribution in [-0.2, 0) is 0 Å². The second-order valence-corrected chi connectivity index (χ2v) is 5.43. The lowest BCUT2D eigenvalue weighted by atomic mass is 10.3. The summed E-state index contributed by atoms with van der Waals surface area (Å²) in [5, 5.41) is 14.0. The molecular formula is C15H9Cl2F2N5. The van der Waals surface area contributed by atoms with Crippen LogP contribution in [0.3, 0.4) is 0 Å². The van der Waals surface area contributed by atoms with Crippen LogP contribution in [0.5, 0.6) is 0 Å². The summed E-state index contributed by atoms with van der Waals surface area (Å²) < 4.78 is 26.2. The molecule has 0 fully saturated rings. The third-order valence-electron chi connectivity index (χ3n) is 2.95. The largest absolute Gasteiger partial charge is 0.338 e. The van der Waals surface area contributed by atoms with E-state index in [1.165, 1.54) is 12.3 Å². The van der Waals surface area contributed by atoms with Crippen LogP contribution in [0.15, 0.2) is 42.6 Å². The van der Waals surface area contributed by atoms with Crippen LogP contribution in [0.1, 0.15) is 0 Å². The zero-order valence-corrected chi connectivity index (χ0v) is 13.4. The Hall–Kier alpha value is -2.51. The van der Waals surface area contributed by atoms with Crippen molar-refractivity contribution in [2.75, 3.05) is 10.6 Å². The number of aromatic nitrogens is 3.